The van der Waals surface area contributed by atoms with Gasteiger partial charge in [0.25, 0.3) is 0 Å². The molecule has 3 aromatic heterocycles. The van der Waals surface area contributed by atoms with Gasteiger partial charge in [-0.2, -0.15) is 0 Å². The van der Waals surface area contributed by atoms with Crippen LogP contribution in [0.5, 0.6) is 0 Å². The molecule has 5 aromatic rings. The summed E-state index contributed by atoms with van der Waals surface area (Å²) in [5, 5.41) is 11.4. The van der Waals surface area contributed by atoms with E-state index in [4.69, 9.17) is 23.1 Å². The second-order valence-electron chi connectivity index (χ2n) is 13.8. The number of carbonyl (C=O) groups is 4. The van der Waals surface area contributed by atoms with Crippen LogP contribution in [0.1, 0.15) is 48.8 Å². The molecular formula is C41H46ClN9O4S. The van der Waals surface area contributed by atoms with Crippen LogP contribution < -0.4 is 27.4 Å². The number of pyridine rings is 2. The number of primary amides is 1. The Morgan fingerprint density at radius 3 is 2.52 bits per heavy atom. The third kappa shape index (κ3) is 9.93. The molecule has 0 radical (unpaired) electrons. The number of benzene rings is 2. The minimum atomic E-state index is -0.976. The second-order valence-corrected chi connectivity index (χ2v) is 15.2. The standard InChI is InChI=1S/C41H46ClN9O4S/c1-51-35(21-27-23-47-32-12-3-2-10-29(27)32)39(54)49-24-28-19-26(31-11-5-7-17-45-31)20-30(42)37(28)56-40-25(9-8-18-46-40)22-48-33(14-15-36(44)52)38(53)50-34(41(51)55)13-4-6-16-43/h2-3,5,7-12,17-20,23,33-35,47-48H,4,6,13-16,21-22,24,43H2,1H3,(H2,44,52)(H,49,54)(H,50,53)/t33-,34-,35-/m0/s1. The third-order valence-corrected chi connectivity index (χ3v) is 11.5. The van der Waals surface area contributed by atoms with Gasteiger partial charge in [0.2, 0.25) is 23.6 Å². The number of para-hydroxylation sites is 1. The molecule has 0 bridgehead atoms. The quantitative estimate of drug-likeness (QED) is 0.110. The lowest BCUT2D eigenvalue weighted by molar-refractivity contribution is -0.142. The molecule has 4 amide bonds. The van der Waals surface area contributed by atoms with Crippen LogP contribution in [-0.4, -0.2) is 75.2 Å². The van der Waals surface area contributed by atoms with Crippen molar-refractivity contribution in [1.29, 1.82) is 0 Å². The Morgan fingerprint density at radius 1 is 0.929 bits per heavy atom. The summed E-state index contributed by atoms with van der Waals surface area (Å²) in [6.45, 7) is 0.708. The molecule has 0 aliphatic carbocycles. The fraction of sp³-hybridized carbons (Fsp3) is 0.317. The van der Waals surface area contributed by atoms with Gasteiger partial charge < -0.3 is 37.3 Å². The third-order valence-electron chi connectivity index (χ3n) is 9.89. The van der Waals surface area contributed by atoms with E-state index in [1.54, 1.807) is 25.5 Å². The highest BCUT2D eigenvalue weighted by atomic mass is 35.5. The Hall–Kier alpha value is -5.28. The van der Waals surface area contributed by atoms with E-state index < -0.39 is 41.8 Å². The Labute approximate surface area is 334 Å². The zero-order valence-electron chi connectivity index (χ0n) is 31.1. The van der Waals surface area contributed by atoms with E-state index in [1.165, 1.54) is 16.7 Å². The first-order valence-electron chi connectivity index (χ1n) is 18.6. The molecule has 292 valence electrons. The molecule has 13 nitrogen and oxygen atoms in total. The number of rotatable bonds is 10. The van der Waals surface area contributed by atoms with Gasteiger partial charge in [0.05, 0.1) is 16.8 Å². The summed E-state index contributed by atoms with van der Waals surface area (Å²) in [6.07, 6.45) is 6.95. The first-order valence-corrected chi connectivity index (χ1v) is 19.8. The molecule has 1 aliphatic heterocycles. The van der Waals surface area contributed by atoms with Crippen molar-refractivity contribution in [1.82, 2.24) is 35.8 Å². The van der Waals surface area contributed by atoms with Gasteiger partial charge >= 0.3 is 0 Å². The number of aromatic amines is 1. The average molecular weight is 796 g/mol. The Kier molecular flexibility index (Phi) is 13.7. The fourth-order valence-electron chi connectivity index (χ4n) is 6.81. The monoisotopic (exact) mass is 795 g/mol. The van der Waals surface area contributed by atoms with Crippen LogP contribution in [0.25, 0.3) is 22.2 Å². The molecule has 0 saturated heterocycles. The Balaban J connectivity index is 1.45. The first kappa shape index (κ1) is 40.4. The smallest absolute Gasteiger partial charge is 0.245 e. The summed E-state index contributed by atoms with van der Waals surface area (Å²) in [6, 6.07) is 18.0. The summed E-state index contributed by atoms with van der Waals surface area (Å²) < 4.78 is 0. The van der Waals surface area contributed by atoms with E-state index in [2.05, 4.69) is 30.9 Å². The van der Waals surface area contributed by atoms with Crippen molar-refractivity contribution in [2.24, 2.45) is 11.5 Å². The maximum atomic E-state index is 14.5. The van der Waals surface area contributed by atoms with Crippen molar-refractivity contribution < 1.29 is 19.2 Å². The number of aromatic nitrogens is 3. The van der Waals surface area contributed by atoms with Gasteiger partial charge in [-0.15, -0.1) is 0 Å². The highest BCUT2D eigenvalue weighted by Gasteiger charge is 2.34. The number of H-pyrrole nitrogens is 1. The maximum absolute atomic E-state index is 14.5. The van der Waals surface area contributed by atoms with E-state index in [1.807, 2.05) is 66.9 Å². The number of halogens is 1. The number of nitrogens with zero attached hydrogens (tertiary/aromatic N) is 3. The normalized spacial score (nSPS) is 18.4. The number of hydrogen-bond acceptors (Lipinski definition) is 9. The number of hydrogen-bond donors (Lipinski definition) is 6. The van der Waals surface area contributed by atoms with Crippen LogP contribution in [0.15, 0.2) is 95.2 Å². The predicted octanol–water partition coefficient (Wildman–Crippen LogP) is 4.47. The molecule has 15 heteroatoms. The molecule has 1 aliphatic rings. The molecule has 0 fully saturated rings. The molecule has 2 aromatic carbocycles. The summed E-state index contributed by atoms with van der Waals surface area (Å²) in [4.78, 5) is 69.6. The van der Waals surface area contributed by atoms with Crippen LogP contribution >= 0.6 is 23.4 Å². The number of carbonyl (C=O) groups excluding carboxylic acids is 4. The highest BCUT2D eigenvalue weighted by Crippen LogP contribution is 2.39. The summed E-state index contributed by atoms with van der Waals surface area (Å²) in [5.74, 6) is -1.85. The van der Waals surface area contributed by atoms with Crippen molar-refractivity contribution in [3.05, 3.63) is 107 Å². The molecule has 0 spiro atoms. The van der Waals surface area contributed by atoms with Crippen molar-refractivity contribution in [2.45, 2.75) is 79.7 Å². The van der Waals surface area contributed by atoms with Crippen molar-refractivity contribution >= 4 is 57.9 Å². The molecule has 3 atom stereocenters. The molecule has 0 unspecified atom stereocenters. The lowest BCUT2D eigenvalue weighted by atomic mass is 10.0. The molecule has 4 heterocycles. The largest absolute Gasteiger partial charge is 0.370 e. The number of likely N-dealkylation sites (N-methyl/N-ethyl adjacent to an activating group) is 1. The van der Waals surface area contributed by atoms with Crippen LogP contribution in [0, 0.1) is 0 Å². The second kappa shape index (κ2) is 19.0. The lowest BCUT2D eigenvalue weighted by Crippen LogP contribution is -2.57. The van der Waals surface area contributed by atoms with Gasteiger partial charge in [-0.25, -0.2) is 4.98 Å². The molecule has 8 N–H and O–H groups in total. The maximum Gasteiger partial charge on any atom is 0.245 e. The summed E-state index contributed by atoms with van der Waals surface area (Å²) >= 11 is 8.40. The molecule has 6 rings (SSSR count). The number of nitrogens with two attached hydrogens (primary N) is 2. The molecular weight excluding hydrogens is 750 g/mol. The SMILES string of the molecule is CN1C(=O)[C@H](CCCCN)NC(=O)[C@H](CCC(N)=O)NCc2cccnc2Sc2c(Cl)cc(-c3ccccn3)cc2CNC(=O)[C@@H]1Cc1c[nH]c2ccccc12. The Bertz CT molecular complexity index is 2180. The van der Waals surface area contributed by atoms with Gasteiger partial charge in [0.15, 0.2) is 0 Å². The van der Waals surface area contributed by atoms with Crippen LogP contribution in [-0.2, 0) is 38.7 Å². The van der Waals surface area contributed by atoms with Crippen molar-refractivity contribution in [3.8, 4) is 11.3 Å². The van der Waals surface area contributed by atoms with Gasteiger partial charge in [0.1, 0.15) is 17.1 Å². The molecule has 0 saturated carbocycles. The van der Waals surface area contributed by atoms with Crippen LogP contribution in [0.4, 0.5) is 0 Å². The minimum Gasteiger partial charge on any atom is -0.370 e. The van der Waals surface area contributed by atoms with E-state index in [0.29, 0.717) is 46.4 Å². The van der Waals surface area contributed by atoms with Gasteiger partial charge in [-0.05, 0) is 85.3 Å². The van der Waals surface area contributed by atoms with Gasteiger partial charge in [-0.3, -0.25) is 24.2 Å². The van der Waals surface area contributed by atoms with Crippen LogP contribution in [0.2, 0.25) is 5.02 Å². The zero-order chi connectivity index (χ0) is 39.6. The summed E-state index contributed by atoms with van der Waals surface area (Å²) in [5.41, 5.74) is 16.1. The van der Waals surface area contributed by atoms with E-state index in [-0.39, 0.29) is 32.4 Å². The van der Waals surface area contributed by atoms with Crippen LogP contribution in [0.3, 0.4) is 0 Å². The lowest BCUT2D eigenvalue weighted by Gasteiger charge is -2.32. The Morgan fingerprint density at radius 2 is 1.73 bits per heavy atom. The highest BCUT2D eigenvalue weighted by molar-refractivity contribution is 7.99. The minimum absolute atomic E-state index is 0.0557. The number of fused-ring (bicyclic) bond motifs is 3. The predicted molar refractivity (Wildman–Crippen MR) is 217 cm³/mol. The van der Waals surface area contributed by atoms with E-state index in [9.17, 15) is 19.2 Å². The number of unbranched alkanes of at least 4 members (excludes halogenated alkanes) is 1. The van der Waals surface area contributed by atoms with Crippen molar-refractivity contribution in [2.75, 3.05) is 13.6 Å². The fourth-order valence-corrected chi connectivity index (χ4v) is 8.16. The van der Waals surface area contributed by atoms with Crippen molar-refractivity contribution in [3.63, 3.8) is 0 Å². The van der Waals surface area contributed by atoms with E-state index in [0.717, 1.165) is 33.2 Å². The summed E-state index contributed by atoms with van der Waals surface area (Å²) in [7, 11) is 1.59. The first-order chi connectivity index (χ1) is 27.1. The van der Waals surface area contributed by atoms with Gasteiger partial charge in [0, 0.05) is 72.9 Å². The number of amides is 4. The zero-order valence-corrected chi connectivity index (χ0v) is 32.7. The average Bonchev–Trinajstić information content (AvgIpc) is 3.62. The van der Waals surface area contributed by atoms with E-state index >= 15 is 0 Å². The number of nitrogens with one attached hydrogen (secondary N) is 4. The van der Waals surface area contributed by atoms with Gasteiger partial charge in [-0.1, -0.05) is 53.7 Å². The molecule has 56 heavy (non-hydrogen) atoms. The topological polar surface area (TPSA) is 201 Å².